The van der Waals surface area contributed by atoms with E-state index in [1.807, 2.05) is 30.3 Å². The van der Waals surface area contributed by atoms with E-state index >= 15 is 0 Å². The van der Waals surface area contributed by atoms with Gasteiger partial charge in [-0.25, -0.2) is 4.79 Å². The first-order valence-corrected chi connectivity index (χ1v) is 8.56. The Balaban J connectivity index is 1.85. The van der Waals surface area contributed by atoms with Crippen LogP contribution in [-0.2, 0) is 10.5 Å². The minimum absolute atomic E-state index is 0.349. The molecule has 0 aliphatic carbocycles. The van der Waals surface area contributed by atoms with Gasteiger partial charge in [0.25, 0.3) is 5.56 Å². The van der Waals surface area contributed by atoms with Crippen molar-refractivity contribution in [3.05, 3.63) is 69.0 Å². The summed E-state index contributed by atoms with van der Waals surface area (Å²) in [5.41, 5.74) is -0.0275. The van der Waals surface area contributed by atoms with Gasteiger partial charge in [0.1, 0.15) is 6.10 Å². The van der Waals surface area contributed by atoms with Gasteiger partial charge in [-0.1, -0.05) is 30.3 Å². The molecule has 0 saturated carbocycles. The molecule has 0 spiro atoms. The Hall–Kier alpha value is -1.87. The van der Waals surface area contributed by atoms with Crippen LogP contribution in [0.15, 0.2) is 52.2 Å². The number of rotatable bonds is 5. The number of aromatic amines is 1. The first kappa shape index (κ1) is 17.0. The minimum atomic E-state index is -0.924. The molecule has 3 rings (SSSR count). The van der Waals surface area contributed by atoms with Crippen LogP contribution in [0.3, 0.4) is 0 Å². The minimum Gasteiger partial charge on any atom is -0.394 e. The van der Waals surface area contributed by atoms with Gasteiger partial charge in [0.15, 0.2) is 6.23 Å². The monoisotopic (exact) mass is 350 g/mol. The van der Waals surface area contributed by atoms with Crippen LogP contribution in [0, 0.1) is 0 Å². The third-order valence-electron chi connectivity index (χ3n) is 3.90. The van der Waals surface area contributed by atoms with E-state index in [4.69, 9.17) is 4.74 Å². The number of hydrogen-bond donors (Lipinski definition) is 3. The van der Waals surface area contributed by atoms with Gasteiger partial charge in [0, 0.05) is 18.0 Å². The quantitative estimate of drug-likeness (QED) is 0.706. The van der Waals surface area contributed by atoms with Crippen molar-refractivity contribution < 1.29 is 14.9 Å². The van der Waals surface area contributed by atoms with E-state index in [0.29, 0.717) is 5.75 Å². The van der Waals surface area contributed by atoms with Gasteiger partial charge in [-0.05, 0) is 5.56 Å². The Labute approximate surface area is 141 Å². The van der Waals surface area contributed by atoms with Crippen molar-refractivity contribution in [3.8, 4) is 0 Å². The van der Waals surface area contributed by atoms with E-state index < -0.39 is 34.9 Å². The van der Waals surface area contributed by atoms with Crippen molar-refractivity contribution in [2.45, 2.75) is 29.4 Å². The maximum absolute atomic E-state index is 12.0. The lowest BCUT2D eigenvalue weighted by molar-refractivity contribution is -0.0457. The molecule has 0 bridgehead atoms. The van der Waals surface area contributed by atoms with E-state index in [1.165, 1.54) is 28.6 Å². The van der Waals surface area contributed by atoms with E-state index in [-0.39, 0.29) is 6.61 Å². The van der Waals surface area contributed by atoms with Gasteiger partial charge in [-0.2, -0.15) is 0 Å². The first-order valence-electron chi connectivity index (χ1n) is 7.51. The highest BCUT2D eigenvalue weighted by atomic mass is 32.2. The maximum atomic E-state index is 12.0. The molecule has 3 N–H and O–H groups in total. The molecule has 1 aliphatic rings. The number of aromatic nitrogens is 2. The summed E-state index contributed by atoms with van der Waals surface area (Å²) in [6.45, 7) is -0.349. The molecule has 0 amide bonds. The van der Waals surface area contributed by atoms with Gasteiger partial charge in [-0.3, -0.25) is 14.3 Å². The number of ether oxygens (including phenoxy) is 1. The summed E-state index contributed by atoms with van der Waals surface area (Å²) < 4.78 is 6.89. The van der Waals surface area contributed by atoms with Crippen LogP contribution >= 0.6 is 11.8 Å². The third kappa shape index (κ3) is 3.46. The zero-order chi connectivity index (χ0) is 17.1. The molecule has 128 valence electrons. The summed E-state index contributed by atoms with van der Waals surface area (Å²) in [7, 11) is 0. The molecule has 1 saturated heterocycles. The molecule has 0 radical (unpaired) electrons. The number of aliphatic hydroxyl groups excluding tert-OH is 2. The predicted molar refractivity (Wildman–Crippen MR) is 89.9 cm³/mol. The second-order valence-electron chi connectivity index (χ2n) is 5.52. The molecule has 4 atom stereocenters. The topological polar surface area (TPSA) is 105 Å². The highest BCUT2D eigenvalue weighted by Crippen LogP contribution is 2.38. The van der Waals surface area contributed by atoms with Crippen molar-refractivity contribution in [2.24, 2.45) is 0 Å². The zero-order valence-electron chi connectivity index (χ0n) is 12.7. The molecule has 0 unspecified atom stereocenters. The highest BCUT2D eigenvalue weighted by Gasteiger charge is 2.44. The second kappa shape index (κ2) is 7.35. The molecule has 1 aliphatic heterocycles. The van der Waals surface area contributed by atoms with Gasteiger partial charge in [0.05, 0.1) is 18.0 Å². The lowest BCUT2D eigenvalue weighted by Gasteiger charge is -2.21. The number of benzene rings is 1. The molecule has 1 fully saturated rings. The normalized spacial score (nSPS) is 26.6. The van der Waals surface area contributed by atoms with Gasteiger partial charge >= 0.3 is 5.69 Å². The van der Waals surface area contributed by atoms with Crippen LogP contribution < -0.4 is 11.2 Å². The Morgan fingerprint density at radius 3 is 2.62 bits per heavy atom. The van der Waals surface area contributed by atoms with E-state index in [0.717, 1.165) is 5.56 Å². The molecule has 1 aromatic heterocycles. The smallest absolute Gasteiger partial charge is 0.330 e. The van der Waals surface area contributed by atoms with Gasteiger partial charge in [0.2, 0.25) is 0 Å². The van der Waals surface area contributed by atoms with Crippen molar-refractivity contribution in [1.82, 2.24) is 9.55 Å². The van der Waals surface area contributed by atoms with E-state index in [2.05, 4.69) is 4.98 Å². The van der Waals surface area contributed by atoms with Crippen molar-refractivity contribution >= 4 is 11.8 Å². The molecule has 2 aromatic rings. The molecule has 7 nitrogen and oxygen atoms in total. The lowest BCUT2D eigenvalue weighted by atomic mass is 10.2. The summed E-state index contributed by atoms with van der Waals surface area (Å²) in [5.74, 6) is 0.624. The molecule has 8 heteroatoms. The van der Waals surface area contributed by atoms with Crippen molar-refractivity contribution in [2.75, 3.05) is 6.61 Å². The summed E-state index contributed by atoms with van der Waals surface area (Å²) in [6.07, 6.45) is -1.13. The van der Waals surface area contributed by atoms with Crippen molar-refractivity contribution in [3.63, 3.8) is 0 Å². The fraction of sp³-hybridized carbons (Fsp3) is 0.375. The Morgan fingerprint density at radius 1 is 1.21 bits per heavy atom. The fourth-order valence-corrected chi connectivity index (χ4v) is 3.98. The van der Waals surface area contributed by atoms with Crippen LogP contribution in [0.1, 0.15) is 11.8 Å². The SMILES string of the molecule is O=c1ccn([C@@H]2O[C@H](CO)[C@@H](O)[C@H]2SCc2ccccc2)c(=O)[nH]1. The largest absolute Gasteiger partial charge is 0.394 e. The second-order valence-corrected chi connectivity index (χ2v) is 6.68. The highest BCUT2D eigenvalue weighted by molar-refractivity contribution is 7.99. The average molecular weight is 350 g/mol. The summed E-state index contributed by atoms with van der Waals surface area (Å²) in [5, 5.41) is 19.3. The Kier molecular flexibility index (Phi) is 5.20. The molecular weight excluding hydrogens is 332 g/mol. The molecular formula is C16H18N2O5S. The van der Waals surface area contributed by atoms with Gasteiger partial charge < -0.3 is 14.9 Å². The maximum Gasteiger partial charge on any atom is 0.330 e. The number of thioether (sulfide) groups is 1. The number of hydrogen-bond acceptors (Lipinski definition) is 6. The Bertz CT molecular complexity index is 791. The van der Waals surface area contributed by atoms with Gasteiger partial charge in [-0.15, -0.1) is 11.8 Å². The fourth-order valence-electron chi connectivity index (χ4n) is 2.67. The lowest BCUT2D eigenvalue weighted by Crippen LogP contribution is -2.36. The average Bonchev–Trinajstić information content (AvgIpc) is 2.90. The predicted octanol–water partition coefficient (Wildman–Crippen LogP) is 0.0892. The first-order chi connectivity index (χ1) is 11.6. The standard InChI is InChI=1S/C16H18N2O5S/c19-8-11-13(21)14(24-9-10-4-2-1-3-5-10)15(23-11)18-7-6-12(20)17-16(18)22/h1-7,11,13-15,19,21H,8-9H2,(H,17,20,22)/t11-,13-,14-,15-/m1/s1. The van der Waals surface area contributed by atoms with Crippen molar-refractivity contribution in [1.29, 1.82) is 0 Å². The van der Waals surface area contributed by atoms with Crippen LogP contribution in [-0.4, -0.2) is 43.8 Å². The van der Waals surface area contributed by atoms with E-state index in [9.17, 15) is 19.8 Å². The van der Waals surface area contributed by atoms with Crippen LogP contribution in [0.25, 0.3) is 0 Å². The summed E-state index contributed by atoms with van der Waals surface area (Å²) in [4.78, 5) is 25.4. The van der Waals surface area contributed by atoms with Crippen LogP contribution in [0.5, 0.6) is 0 Å². The zero-order valence-corrected chi connectivity index (χ0v) is 13.6. The number of aliphatic hydroxyl groups is 2. The Morgan fingerprint density at radius 2 is 1.96 bits per heavy atom. The van der Waals surface area contributed by atoms with Crippen LogP contribution in [0.4, 0.5) is 0 Å². The molecule has 2 heterocycles. The third-order valence-corrected chi connectivity index (χ3v) is 5.30. The van der Waals surface area contributed by atoms with Crippen LogP contribution in [0.2, 0.25) is 0 Å². The number of nitrogens with one attached hydrogen (secondary N) is 1. The summed E-state index contributed by atoms with van der Waals surface area (Å²) >= 11 is 1.44. The number of nitrogens with zero attached hydrogens (tertiary/aromatic N) is 1. The summed E-state index contributed by atoms with van der Waals surface area (Å²) in [6, 6.07) is 10.9. The molecule has 24 heavy (non-hydrogen) atoms. The van der Waals surface area contributed by atoms with E-state index in [1.54, 1.807) is 0 Å². The number of H-pyrrole nitrogens is 1. The molecule has 1 aromatic carbocycles.